The molecule has 142 valence electrons. The van der Waals surface area contributed by atoms with Gasteiger partial charge in [0.25, 0.3) is 11.7 Å². The fraction of sp³-hybridized carbons (Fsp3) is 0.350. The third-order valence-electron chi connectivity index (χ3n) is 4.30. The first-order chi connectivity index (χ1) is 12.9. The number of likely N-dealkylation sites (N-methyl/N-ethyl adjacent to an activating group) is 1. The molecule has 0 spiro atoms. The molecule has 2 rings (SSSR count). The molecule has 6 nitrogen and oxygen atoms in total. The summed E-state index contributed by atoms with van der Waals surface area (Å²) in [6, 6.07) is 7.71. The Hall–Kier alpha value is -2.67. The van der Waals surface area contributed by atoms with Crippen LogP contribution in [-0.4, -0.2) is 22.2 Å². The van der Waals surface area contributed by atoms with Gasteiger partial charge in [0.05, 0.1) is 4.92 Å². The van der Waals surface area contributed by atoms with Gasteiger partial charge in [-0.2, -0.15) is 4.57 Å². The van der Waals surface area contributed by atoms with Crippen LogP contribution in [0, 0.1) is 17.0 Å². The zero-order valence-corrected chi connectivity index (χ0v) is 16.6. The fourth-order valence-corrected chi connectivity index (χ4v) is 3.25. The highest BCUT2D eigenvalue weighted by molar-refractivity contribution is 7.80. The summed E-state index contributed by atoms with van der Waals surface area (Å²) in [5.41, 5.74) is 1.89. The largest absolute Gasteiger partial charge is 0.374 e. The number of ketones is 1. The lowest BCUT2D eigenvalue weighted by atomic mass is 10.0. The molecule has 1 aromatic heterocycles. The molecule has 0 aliphatic carbocycles. The minimum Gasteiger partial charge on any atom is -0.374 e. The number of aryl methyl sites for hydroxylation is 2. The van der Waals surface area contributed by atoms with E-state index in [1.807, 2.05) is 31.5 Å². The Morgan fingerprint density at radius 1 is 1.26 bits per heavy atom. The zero-order valence-electron chi connectivity index (χ0n) is 15.8. The Morgan fingerprint density at radius 3 is 2.48 bits per heavy atom. The monoisotopic (exact) mass is 386 g/mol. The van der Waals surface area contributed by atoms with Crippen molar-refractivity contribution in [3.8, 4) is 0 Å². The van der Waals surface area contributed by atoms with E-state index in [-0.39, 0.29) is 17.0 Å². The molecule has 0 saturated heterocycles. The van der Waals surface area contributed by atoms with Gasteiger partial charge in [0, 0.05) is 35.9 Å². The molecule has 1 N–H and O–H groups in total. The average Bonchev–Trinajstić information content (AvgIpc) is 2.64. The number of Topliss-reactive ketones (excluding diaryl/α,β-unsaturated/α-hetero) is 1. The molecule has 0 unspecified atom stereocenters. The van der Waals surface area contributed by atoms with Crippen LogP contribution in [0.3, 0.4) is 0 Å². The molecular weight excluding hydrogens is 362 g/mol. The summed E-state index contributed by atoms with van der Waals surface area (Å²) >= 11 is 5.44. The number of carbonyl (C=O) groups is 1. The van der Waals surface area contributed by atoms with Crippen LogP contribution in [0.15, 0.2) is 42.7 Å². The second kappa shape index (κ2) is 9.32. The summed E-state index contributed by atoms with van der Waals surface area (Å²) in [6.45, 7) is 6.25. The number of hydrogen-bond donors (Lipinski definition) is 1. The van der Waals surface area contributed by atoms with E-state index < -0.39 is 11.0 Å². The van der Waals surface area contributed by atoms with Crippen molar-refractivity contribution in [1.29, 1.82) is 0 Å². The van der Waals surface area contributed by atoms with Gasteiger partial charge in [-0.25, -0.2) is 0 Å². The Kier molecular flexibility index (Phi) is 7.12. The van der Waals surface area contributed by atoms with Crippen molar-refractivity contribution in [1.82, 2.24) is 5.32 Å². The van der Waals surface area contributed by atoms with E-state index in [1.54, 1.807) is 23.6 Å². The third kappa shape index (κ3) is 4.95. The maximum Gasteiger partial charge on any atom is 0.273 e. The van der Waals surface area contributed by atoms with E-state index in [2.05, 4.69) is 12.2 Å². The topological polar surface area (TPSA) is 76.1 Å². The van der Waals surface area contributed by atoms with Gasteiger partial charge in [-0.15, -0.1) is 0 Å². The van der Waals surface area contributed by atoms with Crippen LogP contribution in [-0.2, 0) is 6.42 Å². The van der Waals surface area contributed by atoms with Crippen molar-refractivity contribution in [3.05, 3.63) is 69.5 Å². The number of nitrogens with zero attached hydrogens (tertiary/aromatic N) is 2. The molecule has 27 heavy (non-hydrogen) atoms. The molecule has 1 heterocycles. The van der Waals surface area contributed by atoms with Gasteiger partial charge in [0.15, 0.2) is 17.4 Å². The quantitative estimate of drug-likeness (QED) is 0.247. The number of pyridine rings is 1. The van der Waals surface area contributed by atoms with Gasteiger partial charge in [-0.3, -0.25) is 14.9 Å². The highest BCUT2D eigenvalue weighted by Gasteiger charge is 2.33. The molecular formula is C20H24N3O3S+. The maximum absolute atomic E-state index is 13.2. The van der Waals surface area contributed by atoms with Crippen molar-refractivity contribution >= 4 is 28.7 Å². The number of benzene rings is 1. The fourth-order valence-electron chi connectivity index (χ4n) is 2.87. The molecule has 0 amide bonds. The van der Waals surface area contributed by atoms with E-state index in [9.17, 15) is 14.9 Å². The first-order valence-corrected chi connectivity index (χ1v) is 9.36. The average molecular weight is 386 g/mol. The molecule has 0 radical (unpaired) electrons. The molecule has 0 aliphatic heterocycles. The van der Waals surface area contributed by atoms with E-state index in [0.29, 0.717) is 17.1 Å². The Balaban J connectivity index is 2.44. The molecule has 0 fully saturated rings. The lowest BCUT2D eigenvalue weighted by Crippen LogP contribution is -2.51. The van der Waals surface area contributed by atoms with Crippen LogP contribution in [0.4, 0.5) is 5.69 Å². The normalized spacial score (nSPS) is 11.7. The van der Waals surface area contributed by atoms with Crippen molar-refractivity contribution < 1.29 is 14.3 Å². The number of rotatable bonds is 8. The minimum atomic E-state index is -0.752. The number of thiocarbonyl (C=S) groups is 1. The van der Waals surface area contributed by atoms with Gasteiger partial charge < -0.3 is 5.32 Å². The summed E-state index contributed by atoms with van der Waals surface area (Å²) in [5.74, 6) is -0.280. The second-order valence-electron chi connectivity index (χ2n) is 6.32. The van der Waals surface area contributed by atoms with E-state index in [1.165, 1.54) is 11.6 Å². The van der Waals surface area contributed by atoms with Crippen LogP contribution >= 0.6 is 12.2 Å². The second-order valence-corrected chi connectivity index (χ2v) is 6.76. The van der Waals surface area contributed by atoms with Gasteiger partial charge in [0.1, 0.15) is 0 Å². The highest BCUT2D eigenvalue weighted by Crippen LogP contribution is 2.21. The molecule has 2 aromatic rings. The SMILES string of the molecule is CCCc1cc[n+]([C@@H](C(=O)c2ccc(C)c([N+](=O)[O-])c2)C(=S)NCC)cc1. The predicted octanol–water partition coefficient (Wildman–Crippen LogP) is 3.50. The van der Waals surface area contributed by atoms with Gasteiger partial charge in [-0.1, -0.05) is 37.7 Å². The Morgan fingerprint density at radius 2 is 1.93 bits per heavy atom. The number of nitrogens with one attached hydrogen (secondary N) is 1. The zero-order chi connectivity index (χ0) is 20.0. The smallest absolute Gasteiger partial charge is 0.273 e. The number of hydrogen-bond acceptors (Lipinski definition) is 4. The van der Waals surface area contributed by atoms with Crippen molar-refractivity contribution in [2.75, 3.05) is 6.54 Å². The number of carbonyl (C=O) groups excluding carboxylic acids is 1. The summed E-state index contributed by atoms with van der Waals surface area (Å²) in [6.07, 6.45) is 5.66. The van der Waals surface area contributed by atoms with Crippen LogP contribution in [0.2, 0.25) is 0 Å². The van der Waals surface area contributed by atoms with Crippen LogP contribution in [0.25, 0.3) is 0 Å². The Labute approximate surface area is 164 Å². The lowest BCUT2D eigenvalue weighted by molar-refractivity contribution is -0.692. The minimum absolute atomic E-state index is 0.0720. The first-order valence-electron chi connectivity index (χ1n) is 8.95. The number of nitro groups is 1. The molecule has 0 saturated carbocycles. The highest BCUT2D eigenvalue weighted by atomic mass is 32.1. The molecule has 7 heteroatoms. The van der Waals surface area contributed by atoms with Crippen molar-refractivity contribution in [2.45, 2.75) is 39.7 Å². The van der Waals surface area contributed by atoms with Crippen LogP contribution in [0.1, 0.15) is 47.8 Å². The van der Waals surface area contributed by atoms with E-state index in [4.69, 9.17) is 12.2 Å². The Bertz CT molecular complexity index is 850. The summed E-state index contributed by atoms with van der Waals surface area (Å²) in [4.78, 5) is 24.3. The molecule has 0 aliphatic rings. The third-order valence-corrected chi connectivity index (χ3v) is 4.66. The van der Waals surface area contributed by atoms with E-state index >= 15 is 0 Å². The first kappa shape index (κ1) is 20.6. The standard InChI is InChI=1S/C20H23N3O3S/c1-4-6-15-9-11-22(12-10-15)18(20(27)21-5-2)19(24)16-8-7-14(3)17(13-16)23(25)26/h7-13,18H,4-6H2,1-3H3/p+1/t18-/m0/s1. The predicted molar refractivity (Wildman–Crippen MR) is 108 cm³/mol. The number of nitro benzene ring substituents is 1. The lowest BCUT2D eigenvalue weighted by Gasteiger charge is -2.14. The molecule has 1 atom stereocenters. The van der Waals surface area contributed by atoms with E-state index in [0.717, 1.165) is 12.8 Å². The van der Waals surface area contributed by atoms with Gasteiger partial charge in [-0.05, 0) is 25.8 Å². The van der Waals surface area contributed by atoms with Crippen LogP contribution < -0.4 is 9.88 Å². The van der Waals surface area contributed by atoms with Crippen molar-refractivity contribution in [3.63, 3.8) is 0 Å². The van der Waals surface area contributed by atoms with Gasteiger partial charge in [0.2, 0.25) is 5.78 Å². The maximum atomic E-state index is 13.2. The van der Waals surface area contributed by atoms with Crippen molar-refractivity contribution in [2.24, 2.45) is 0 Å². The van der Waals surface area contributed by atoms with Crippen LogP contribution in [0.5, 0.6) is 0 Å². The van der Waals surface area contributed by atoms with Gasteiger partial charge >= 0.3 is 0 Å². The summed E-state index contributed by atoms with van der Waals surface area (Å²) < 4.78 is 1.75. The number of aromatic nitrogens is 1. The summed E-state index contributed by atoms with van der Waals surface area (Å²) in [7, 11) is 0. The summed E-state index contributed by atoms with van der Waals surface area (Å²) in [5, 5.41) is 14.3. The molecule has 1 aromatic carbocycles. The molecule has 0 bridgehead atoms.